The van der Waals surface area contributed by atoms with Crippen molar-refractivity contribution in [2.75, 3.05) is 19.8 Å². The zero-order chi connectivity index (χ0) is 46.3. The number of ether oxygens (including phenoxy) is 3. The quantitative estimate of drug-likeness (QED) is 0.0346. The number of unbranched alkanes of at least 4 members (excludes halogenated alkanes) is 27. The van der Waals surface area contributed by atoms with E-state index in [0.717, 1.165) is 83.5 Å². The number of hydrogen-bond acceptors (Lipinski definition) is 5. The van der Waals surface area contributed by atoms with Crippen molar-refractivity contribution in [3.63, 3.8) is 0 Å². The highest BCUT2D eigenvalue weighted by molar-refractivity contribution is 5.70. The highest BCUT2D eigenvalue weighted by Crippen LogP contribution is 2.14. The third-order valence-corrected chi connectivity index (χ3v) is 11.7. The zero-order valence-corrected chi connectivity index (χ0v) is 42.5. The molecule has 64 heavy (non-hydrogen) atoms. The third-order valence-electron chi connectivity index (χ3n) is 11.7. The smallest absolute Gasteiger partial charge is 0.306 e. The lowest BCUT2D eigenvalue weighted by Crippen LogP contribution is -2.30. The van der Waals surface area contributed by atoms with Gasteiger partial charge in [0.15, 0.2) is 6.10 Å². The van der Waals surface area contributed by atoms with Crippen LogP contribution in [-0.4, -0.2) is 37.9 Å². The molecule has 0 rings (SSSR count). The summed E-state index contributed by atoms with van der Waals surface area (Å²) < 4.78 is 17.4. The number of carbonyl (C=O) groups is 2. The van der Waals surface area contributed by atoms with Gasteiger partial charge in [-0.3, -0.25) is 9.59 Å². The molecule has 370 valence electrons. The summed E-state index contributed by atoms with van der Waals surface area (Å²) in [5, 5.41) is 0. The molecule has 1 atom stereocenters. The minimum atomic E-state index is -0.558. The molecule has 0 bridgehead atoms. The molecule has 0 saturated heterocycles. The molecule has 0 aliphatic carbocycles. The third kappa shape index (κ3) is 52.0. The van der Waals surface area contributed by atoms with Crippen LogP contribution in [-0.2, 0) is 23.8 Å². The van der Waals surface area contributed by atoms with Crippen LogP contribution in [0.25, 0.3) is 0 Å². The van der Waals surface area contributed by atoms with Crippen molar-refractivity contribution >= 4 is 11.9 Å². The van der Waals surface area contributed by atoms with Gasteiger partial charge in [0.1, 0.15) is 6.61 Å². The lowest BCUT2D eigenvalue weighted by atomic mass is 10.1. The van der Waals surface area contributed by atoms with Crippen LogP contribution in [0.3, 0.4) is 0 Å². The van der Waals surface area contributed by atoms with Crippen molar-refractivity contribution < 1.29 is 23.8 Å². The van der Waals surface area contributed by atoms with Crippen LogP contribution in [0.15, 0.2) is 72.9 Å². The van der Waals surface area contributed by atoms with Gasteiger partial charge in [-0.1, -0.05) is 216 Å². The second-order valence-electron chi connectivity index (χ2n) is 18.1. The van der Waals surface area contributed by atoms with Crippen molar-refractivity contribution in [1.29, 1.82) is 0 Å². The van der Waals surface area contributed by atoms with E-state index in [9.17, 15) is 9.59 Å². The minimum absolute atomic E-state index is 0.0668. The Hall–Kier alpha value is -2.66. The first-order valence-electron chi connectivity index (χ1n) is 27.5. The first kappa shape index (κ1) is 61.3. The molecule has 0 aromatic heterocycles. The van der Waals surface area contributed by atoms with Crippen LogP contribution in [0.4, 0.5) is 0 Å². The molecule has 5 nitrogen and oxygen atoms in total. The van der Waals surface area contributed by atoms with Gasteiger partial charge in [0, 0.05) is 19.4 Å². The van der Waals surface area contributed by atoms with Gasteiger partial charge < -0.3 is 14.2 Å². The molecular weight excluding hydrogens is 789 g/mol. The monoisotopic (exact) mass is 893 g/mol. The van der Waals surface area contributed by atoms with Crippen LogP contribution in [0, 0.1) is 0 Å². The van der Waals surface area contributed by atoms with Gasteiger partial charge in [-0.2, -0.15) is 0 Å². The second-order valence-corrected chi connectivity index (χ2v) is 18.1. The molecule has 0 heterocycles. The average Bonchev–Trinajstić information content (AvgIpc) is 3.30. The van der Waals surface area contributed by atoms with Crippen molar-refractivity contribution in [2.45, 2.75) is 271 Å². The summed E-state index contributed by atoms with van der Waals surface area (Å²) in [6.07, 6.45) is 70.6. The molecule has 0 aliphatic rings. The summed E-state index contributed by atoms with van der Waals surface area (Å²) in [7, 11) is 0. The summed E-state index contributed by atoms with van der Waals surface area (Å²) in [6, 6.07) is 0. The summed E-state index contributed by atoms with van der Waals surface area (Å²) in [5.41, 5.74) is 0. The van der Waals surface area contributed by atoms with E-state index < -0.39 is 6.10 Å². The SMILES string of the molecule is CC/C=C\C/C=C\C/C=C\CCCCCC(=O)OC(COCCCCCCCCCC/C=C\CCCCCCCC)COC(=O)CCCCCCCCC/C=C\C/C=C\CCCCC. The fourth-order valence-corrected chi connectivity index (χ4v) is 7.61. The molecule has 0 aliphatic heterocycles. The summed E-state index contributed by atoms with van der Waals surface area (Å²) in [6.45, 7) is 7.66. The van der Waals surface area contributed by atoms with Crippen LogP contribution < -0.4 is 0 Å². The zero-order valence-electron chi connectivity index (χ0n) is 42.5. The van der Waals surface area contributed by atoms with Crippen LogP contribution in [0.2, 0.25) is 0 Å². The summed E-state index contributed by atoms with van der Waals surface area (Å²) in [4.78, 5) is 25.4. The van der Waals surface area contributed by atoms with Gasteiger partial charge in [-0.25, -0.2) is 0 Å². The lowest BCUT2D eigenvalue weighted by Gasteiger charge is -2.18. The van der Waals surface area contributed by atoms with E-state index in [1.807, 2.05) is 0 Å². The van der Waals surface area contributed by atoms with Gasteiger partial charge in [-0.05, 0) is 109 Å². The van der Waals surface area contributed by atoms with E-state index >= 15 is 0 Å². The molecule has 5 heteroatoms. The maximum absolute atomic E-state index is 12.8. The Kier molecular flexibility index (Phi) is 52.4. The molecule has 0 spiro atoms. The molecule has 0 amide bonds. The number of carbonyl (C=O) groups excluding carboxylic acids is 2. The van der Waals surface area contributed by atoms with Crippen molar-refractivity contribution in [3.8, 4) is 0 Å². The Bertz CT molecular complexity index is 1150. The van der Waals surface area contributed by atoms with E-state index in [4.69, 9.17) is 14.2 Å². The highest BCUT2D eigenvalue weighted by atomic mass is 16.6. The predicted molar refractivity (Wildman–Crippen MR) is 279 cm³/mol. The van der Waals surface area contributed by atoms with E-state index in [2.05, 4.69) is 93.7 Å². The molecule has 1 unspecified atom stereocenters. The maximum atomic E-state index is 12.8. The van der Waals surface area contributed by atoms with Gasteiger partial charge in [0.05, 0.1) is 6.61 Å². The molecule has 0 fully saturated rings. The first-order chi connectivity index (χ1) is 31.6. The Morgan fingerprint density at radius 2 is 0.703 bits per heavy atom. The maximum Gasteiger partial charge on any atom is 0.306 e. The molecule has 0 N–H and O–H groups in total. The fourth-order valence-electron chi connectivity index (χ4n) is 7.61. The largest absolute Gasteiger partial charge is 0.462 e. The number of esters is 2. The van der Waals surface area contributed by atoms with Crippen molar-refractivity contribution in [2.24, 2.45) is 0 Å². The van der Waals surface area contributed by atoms with Gasteiger partial charge >= 0.3 is 11.9 Å². The summed E-state index contributed by atoms with van der Waals surface area (Å²) >= 11 is 0. The summed E-state index contributed by atoms with van der Waals surface area (Å²) in [5.74, 6) is -0.437. The van der Waals surface area contributed by atoms with E-state index in [1.165, 1.54) is 148 Å². The highest BCUT2D eigenvalue weighted by Gasteiger charge is 2.17. The normalized spacial score (nSPS) is 12.7. The standard InChI is InChI=1S/C59H104O5/c1-4-7-10-13-16-19-22-25-27-29-31-33-36-39-42-45-48-51-54-62-55-57(64-59(61)53-50-47-44-41-38-34-24-21-18-15-12-9-6-3)56-63-58(60)52-49-46-43-40-37-35-32-30-28-26-23-20-17-14-11-8-5-2/h9,12,17-18,20-21,25-28,34,38,57H,4-8,10-11,13-16,19,22-24,29-33,35-37,39-56H2,1-3H3/b12-9-,20-17-,21-18-,27-25-,28-26-,38-34-. The topological polar surface area (TPSA) is 61.8 Å². The van der Waals surface area contributed by atoms with Crippen LogP contribution in [0.5, 0.6) is 0 Å². The number of hydrogen-bond donors (Lipinski definition) is 0. The molecule has 0 aromatic rings. The Morgan fingerprint density at radius 3 is 1.19 bits per heavy atom. The van der Waals surface area contributed by atoms with E-state index in [0.29, 0.717) is 19.4 Å². The predicted octanol–water partition coefficient (Wildman–Crippen LogP) is 18.7. The van der Waals surface area contributed by atoms with Gasteiger partial charge in [-0.15, -0.1) is 0 Å². The molecular formula is C59H104O5. The van der Waals surface area contributed by atoms with Crippen LogP contribution >= 0.6 is 0 Å². The molecule has 0 radical (unpaired) electrons. The van der Waals surface area contributed by atoms with E-state index in [-0.39, 0.29) is 25.2 Å². The number of allylic oxidation sites excluding steroid dienone is 12. The Morgan fingerprint density at radius 1 is 0.359 bits per heavy atom. The Labute approximate surface area is 397 Å². The Balaban J connectivity index is 4.29. The lowest BCUT2D eigenvalue weighted by molar-refractivity contribution is -0.163. The van der Waals surface area contributed by atoms with E-state index in [1.54, 1.807) is 0 Å². The van der Waals surface area contributed by atoms with Crippen molar-refractivity contribution in [1.82, 2.24) is 0 Å². The fraction of sp³-hybridized carbons (Fsp3) is 0.763. The van der Waals surface area contributed by atoms with Crippen molar-refractivity contribution in [3.05, 3.63) is 72.9 Å². The minimum Gasteiger partial charge on any atom is -0.462 e. The van der Waals surface area contributed by atoms with Crippen LogP contribution in [0.1, 0.15) is 265 Å². The number of rotatable bonds is 50. The molecule has 0 aromatic carbocycles. The first-order valence-corrected chi connectivity index (χ1v) is 27.5. The second kappa shape index (κ2) is 54.7. The van der Waals surface area contributed by atoms with Gasteiger partial charge in [0.2, 0.25) is 0 Å². The van der Waals surface area contributed by atoms with Gasteiger partial charge in [0.25, 0.3) is 0 Å². The average molecular weight is 893 g/mol. The molecule has 0 saturated carbocycles.